The van der Waals surface area contributed by atoms with Crippen LogP contribution in [0.3, 0.4) is 0 Å². The molecule has 0 unspecified atom stereocenters. The molecule has 5 rings (SSSR count). The molecule has 186 valence electrons. The van der Waals surface area contributed by atoms with Crippen molar-refractivity contribution in [3.8, 4) is 5.69 Å². The van der Waals surface area contributed by atoms with Gasteiger partial charge in [-0.05, 0) is 51.8 Å². The Labute approximate surface area is 206 Å². The Bertz CT molecular complexity index is 1160. The monoisotopic (exact) mass is 477 g/mol. The first-order valence-corrected chi connectivity index (χ1v) is 12.7. The van der Waals surface area contributed by atoms with Gasteiger partial charge in [0.1, 0.15) is 5.52 Å². The summed E-state index contributed by atoms with van der Waals surface area (Å²) in [5.74, 6) is 0.856. The molecule has 2 aliphatic rings. The van der Waals surface area contributed by atoms with Crippen LogP contribution in [0.1, 0.15) is 30.7 Å². The molecule has 1 atom stereocenters. The first-order chi connectivity index (χ1) is 17.1. The van der Waals surface area contributed by atoms with Crippen LogP contribution in [0.4, 0.5) is 5.82 Å². The molecule has 2 fully saturated rings. The predicted octanol–water partition coefficient (Wildman–Crippen LogP) is 2.49. The number of hydrogen-bond acceptors (Lipinski definition) is 7. The molecule has 1 N–H and O–H groups in total. The summed E-state index contributed by atoms with van der Waals surface area (Å²) < 4.78 is 7.37. The largest absolute Gasteiger partial charge is 0.379 e. The number of rotatable bonds is 7. The number of nitrogens with one attached hydrogen (secondary N) is 1. The molecule has 2 saturated heterocycles. The van der Waals surface area contributed by atoms with E-state index in [1.54, 1.807) is 0 Å². The summed E-state index contributed by atoms with van der Waals surface area (Å²) in [6, 6.07) is 10.1. The lowest BCUT2D eigenvalue weighted by molar-refractivity contribution is -0.125. The summed E-state index contributed by atoms with van der Waals surface area (Å²) in [5, 5.41) is 18.2. The van der Waals surface area contributed by atoms with Gasteiger partial charge < -0.3 is 15.0 Å². The molecule has 9 heteroatoms. The van der Waals surface area contributed by atoms with Crippen LogP contribution in [-0.2, 0) is 9.53 Å². The number of carbonyl (C=O) groups is 1. The highest BCUT2D eigenvalue weighted by Gasteiger charge is 2.29. The predicted molar refractivity (Wildman–Crippen MR) is 136 cm³/mol. The third-order valence-corrected chi connectivity index (χ3v) is 7.13. The van der Waals surface area contributed by atoms with Crippen LogP contribution in [0, 0.1) is 19.8 Å². The molecule has 0 bridgehead atoms. The number of nitrogens with zero attached hydrogens (tertiary/aromatic N) is 6. The number of benzene rings is 1. The zero-order valence-corrected chi connectivity index (χ0v) is 20.7. The Hall–Kier alpha value is -3.04. The Balaban J connectivity index is 1.27. The number of aryl methyl sites for hydroxylation is 2. The second kappa shape index (κ2) is 10.7. The van der Waals surface area contributed by atoms with Crippen LogP contribution in [0.5, 0.6) is 0 Å². The first kappa shape index (κ1) is 23.7. The summed E-state index contributed by atoms with van der Waals surface area (Å²) in [6.45, 7) is 10.8. The van der Waals surface area contributed by atoms with Crippen LogP contribution in [0.25, 0.3) is 16.6 Å². The van der Waals surface area contributed by atoms with Gasteiger partial charge in [0.2, 0.25) is 5.91 Å². The van der Waals surface area contributed by atoms with Gasteiger partial charge in [0.05, 0.1) is 41.6 Å². The molecule has 2 aromatic heterocycles. The van der Waals surface area contributed by atoms with Gasteiger partial charge in [0.25, 0.3) is 0 Å². The molecule has 0 spiro atoms. The zero-order chi connectivity index (χ0) is 24.2. The second-order valence-corrected chi connectivity index (χ2v) is 9.55. The normalized spacial score (nSPS) is 19.3. The molecule has 2 aliphatic heterocycles. The number of para-hydroxylation sites is 1. The summed E-state index contributed by atoms with van der Waals surface area (Å²) in [6.07, 6.45) is 2.80. The molecule has 4 heterocycles. The van der Waals surface area contributed by atoms with Gasteiger partial charge >= 0.3 is 0 Å². The maximum atomic E-state index is 13.0. The maximum absolute atomic E-state index is 13.0. The average molecular weight is 478 g/mol. The number of carbonyl (C=O) groups excluding carboxylic acids is 1. The van der Waals surface area contributed by atoms with E-state index in [0.29, 0.717) is 13.1 Å². The molecular formula is C26H35N7O2. The molecule has 1 aromatic carbocycles. The highest BCUT2D eigenvalue weighted by molar-refractivity contribution is 5.92. The Morgan fingerprint density at radius 3 is 2.71 bits per heavy atom. The summed E-state index contributed by atoms with van der Waals surface area (Å²) in [5.41, 5.74) is 3.78. The SMILES string of the molecule is Cc1nnc(N2CCC[C@H](C(=O)NCCCN3CCOCC3)C2)c2nn(-c3ccccc3)c(C)c12. The van der Waals surface area contributed by atoms with Crippen LogP contribution in [0.15, 0.2) is 30.3 Å². The van der Waals surface area contributed by atoms with Crippen LogP contribution >= 0.6 is 0 Å². The summed E-state index contributed by atoms with van der Waals surface area (Å²) in [7, 11) is 0. The van der Waals surface area contributed by atoms with Gasteiger partial charge in [-0.15, -0.1) is 5.10 Å². The van der Waals surface area contributed by atoms with Gasteiger partial charge in [-0.1, -0.05) is 18.2 Å². The van der Waals surface area contributed by atoms with Crippen LogP contribution < -0.4 is 10.2 Å². The van der Waals surface area contributed by atoms with Gasteiger partial charge in [0, 0.05) is 32.7 Å². The standard InChI is InChI=1S/C26H35N7O2/c1-19-23-20(2)33(22-9-4-3-5-10-22)30-24(23)25(29-28-19)32-13-6-8-21(18-32)26(34)27-11-7-12-31-14-16-35-17-15-31/h3-5,9-10,21H,6-8,11-18H2,1-2H3,(H,27,34)/t21-/m0/s1. The fourth-order valence-electron chi connectivity index (χ4n) is 5.21. The van der Waals surface area contributed by atoms with Crippen LogP contribution in [0.2, 0.25) is 0 Å². The molecule has 0 radical (unpaired) electrons. The minimum absolute atomic E-state index is 0.0532. The number of hydrogen-bond donors (Lipinski definition) is 1. The fraction of sp³-hybridized carbons (Fsp3) is 0.538. The number of fused-ring (bicyclic) bond motifs is 1. The van der Waals surface area contributed by atoms with Crippen LogP contribution in [-0.4, -0.2) is 83.3 Å². The first-order valence-electron chi connectivity index (χ1n) is 12.7. The molecule has 35 heavy (non-hydrogen) atoms. The van der Waals surface area contributed by atoms with Gasteiger partial charge in [-0.25, -0.2) is 4.68 Å². The maximum Gasteiger partial charge on any atom is 0.224 e. The van der Waals surface area contributed by atoms with Crippen molar-refractivity contribution < 1.29 is 9.53 Å². The molecule has 9 nitrogen and oxygen atoms in total. The van der Waals surface area contributed by atoms with Crippen molar-refractivity contribution >= 4 is 22.6 Å². The lowest BCUT2D eigenvalue weighted by Gasteiger charge is -2.32. The number of anilines is 1. The van der Waals surface area contributed by atoms with Crippen molar-refractivity contribution in [3.05, 3.63) is 41.7 Å². The molecule has 1 amide bonds. The van der Waals surface area contributed by atoms with Crippen molar-refractivity contribution in [1.29, 1.82) is 0 Å². The molecule has 0 saturated carbocycles. The van der Waals surface area contributed by atoms with Crippen molar-refractivity contribution in [2.24, 2.45) is 5.92 Å². The smallest absolute Gasteiger partial charge is 0.224 e. The van der Waals surface area contributed by atoms with E-state index >= 15 is 0 Å². The third-order valence-electron chi connectivity index (χ3n) is 7.13. The molecule has 0 aliphatic carbocycles. The van der Waals surface area contributed by atoms with E-state index in [4.69, 9.17) is 9.84 Å². The molecular weight excluding hydrogens is 442 g/mol. The van der Waals surface area contributed by atoms with E-state index in [2.05, 4.69) is 44.4 Å². The van der Waals surface area contributed by atoms with E-state index in [-0.39, 0.29) is 11.8 Å². The Kier molecular flexibility index (Phi) is 7.24. The van der Waals surface area contributed by atoms with E-state index in [9.17, 15) is 4.79 Å². The minimum atomic E-state index is -0.0532. The summed E-state index contributed by atoms with van der Waals surface area (Å²) >= 11 is 0. The lowest BCUT2D eigenvalue weighted by Crippen LogP contribution is -2.44. The highest BCUT2D eigenvalue weighted by atomic mass is 16.5. The van der Waals surface area contributed by atoms with Crippen molar-refractivity contribution in [2.45, 2.75) is 33.1 Å². The zero-order valence-electron chi connectivity index (χ0n) is 20.7. The van der Waals surface area contributed by atoms with E-state index < -0.39 is 0 Å². The number of aromatic nitrogens is 4. The number of morpholine rings is 1. The van der Waals surface area contributed by atoms with Gasteiger partial charge in [0.15, 0.2) is 5.82 Å². The Morgan fingerprint density at radius 1 is 1.11 bits per heavy atom. The summed E-state index contributed by atoms with van der Waals surface area (Å²) in [4.78, 5) is 17.6. The molecule has 3 aromatic rings. The number of ether oxygens (including phenoxy) is 1. The van der Waals surface area contributed by atoms with Gasteiger partial charge in [-0.2, -0.15) is 10.2 Å². The van der Waals surface area contributed by atoms with Crippen molar-refractivity contribution in [2.75, 3.05) is 57.4 Å². The Morgan fingerprint density at radius 2 is 1.91 bits per heavy atom. The topological polar surface area (TPSA) is 88.4 Å². The third kappa shape index (κ3) is 5.16. The van der Waals surface area contributed by atoms with E-state index in [1.165, 1.54) is 0 Å². The quantitative estimate of drug-likeness (QED) is 0.523. The highest BCUT2D eigenvalue weighted by Crippen LogP contribution is 2.31. The second-order valence-electron chi connectivity index (χ2n) is 9.55. The lowest BCUT2D eigenvalue weighted by atomic mass is 9.97. The number of piperidine rings is 1. The number of amides is 1. The van der Waals surface area contributed by atoms with Crippen molar-refractivity contribution in [1.82, 2.24) is 30.2 Å². The minimum Gasteiger partial charge on any atom is -0.379 e. The van der Waals surface area contributed by atoms with Crippen molar-refractivity contribution in [3.63, 3.8) is 0 Å². The van der Waals surface area contributed by atoms with E-state index in [0.717, 1.165) is 92.5 Å². The fourth-order valence-corrected chi connectivity index (χ4v) is 5.21. The van der Waals surface area contributed by atoms with E-state index in [1.807, 2.05) is 29.8 Å². The van der Waals surface area contributed by atoms with Gasteiger partial charge in [-0.3, -0.25) is 9.69 Å². The average Bonchev–Trinajstić information content (AvgIpc) is 3.26.